The van der Waals surface area contributed by atoms with Crippen LogP contribution >= 0.6 is 11.3 Å². The van der Waals surface area contributed by atoms with Crippen molar-refractivity contribution in [1.29, 1.82) is 0 Å². The molecule has 0 aliphatic carbocycles. The van der Waals surface area contributed by atoms with Crippen LogP contribution in [0.15, 0.2) is 66.0 Å². The number of aromatic nitrogens is 2. The molecule has 5 aromatic rings. The van der Waals surface area contributed by atoms with Gasteiger partial charge in [-0.1, -0.05) is 36.4 Å². The highest BCUT2D eigenvalue weighted by Crippen LogP contribution is 2.39. The van der Waals surface area contributed by atoms with Gasteiger partial charge in [0.2, 0.25) is 0 Å². The van der Waals surface area contributed by atoms with Gasteiger partial charge in [-0.25, -0.2) is 9.97 Å². The predicted octanol–water partition coefficient (Wildman–Crippen LogP) is 6.28. The van der Waals surface area contributed by atoms with Crippen molar-refractivity contribution in [1.82, 2.24) is 9.97 Å². The molecule has 0 saturated heterocycles. The summed E-state index contributed by atoms with van der Waals surface area (Å²) >= 11 is 1.60. The van der Waals surface area contributed by atoms with Crippen LogP contribution in [0.4, 0.5) is 11.5 Å². The number of nitrogens with zero attached hydrogens (tertiary/aromatic N) is 2. The quantitative estimate of drug-likeness (QED) is 0.363. The second-order valence-corrected chi connectivity index (χ2v) is 7.84. The highest BCUT2D eigenvalue weighted by atomic mass is 32.1. The van der Waals surface area contributed by atoms with Gasteiger partial charge in [0.1, 0.15) is 28.0 Å². The number of nitrogens with one attached hydrogen (secondary N) is 1. The molecule has 0 unspecified atom stereocenters. The largest absolute Gasteiger partial charge is 0.507 e. The number of rotatable bonds is 4. The fourth-order valence-electron chi connectivity index (χ4n) is 3.65. The first-order valence-corrected chi connectivity index (χ1v) is 10.4. The fourth-order valence-corrected chi connectivity index (χ4v) is 4.64. The lowest BCUT2D eigenvalue weighted by Gasteiger charge is -2.12. The Morgan fingerprint density at radius 1 is 0.933 bits per heavy atom. The molecule has 0 saturated carbocycles. The van der Waals surface area contributed by atoms with E-state index < -0.39 is 0 Å². The number of ether oxygens (including phenoxy) is 1. The lowest BCUT2D eigenvalue weighted by Crippen LogP contribution is -1.99. The Balaban J connectivity index is 1.68. The van der Waals surface area contributed by atoms with Crippen molar-refractivity contribution in [3.63, 3.8) is 0 Å². The van der Waals surface area contributed by atoms with E-state index in [4.69, 9.17) is 9.72 Å². The molecule has 2 N–H and O–H groups in total. The van der Waals surface area contributed by atoms with E-state index in [-0.39, 0.29) is 5.75 Å². The van der Waals surface area contributed by atoms with Crippen molar-refractivity contribution < 1.29 is 9.84 Å². The maximum absolute atomic E-state index is 10.2. The van der Waals surface area contributed by atoms with Crippen LogP contribution in [0.25, 0.3) is 32.1 Å². The maximum Gasteiger partial charge on any atom is 0.143 e. The Morgan fingerprint density at radius 2 is 1.70 bits per heavy atom. The molecule has 5 nitrogen and oxygen atoms in total. The predicted molar refractivity (Wildman–Crippen MR) is 123 cm³/mol. The van der Waals surface area contributed by atoms with Crippen molar-refractivity contribution >= 4 is 43.8 Å². The SMILES string of the molecule is COc1ccc(-c2csc3nc(C)nc(Nc4cccc5c(O)cccc45)c23)cc1. The van der Waals surface area contributed by atoms with Gasteiger partial charge in [-0.15, -0.1) is 11.3 Å². The standard InChI is InChI=1S/C24H19N3O2S/c1-14-25-23(27-20-7-3-6-18-17(20)5-4-8-21(18)28)22-19(13-30-24(22)26-14)15-9-11-16(29-2)12-10-15/h3-13,28H,1-2H3,(H,25,26,27). The van der Waals surface area contributed by atoms with Gasteiger partial charge in [0.05, 0.1) is 12.5 Å². The van der Waals surface area contributed by atoms with Gasteiger partial charge in [0.25, 0.3) is 0 Å². The first-order chi connectivity index (χ1) is 14.6. The van der Waals surface area contributed by atoms with Gasteiger partial charge in [-0.2, -0.15) is 0 Å². The Bertz CT molecular complexity index is 1380. The van der Waals surface area contributed by atoms with Crippen LogP contribution in [0.5, 0.6) is 11.5 Å². The zero-order valence-electron chi connectivity index (χ0n) is 16.5. The third kappa shape index (κ3) is 3.11. The molecule has 2 heterocycles. The minimum Gasteiger partial charge on any atom is -0.507 e. The van der Waals surface area contributed by atoms with Gasteiger partial charge in [-0.3, -0.25) is 0 Å². The molecule has 2 aromatic heterocycles. The summed E-state index contributed by atoms with van der Waals surface area (Å²) in [6, 6.07) is 19.3. The zero-order chi connectivity index (χ0) is 20.7. The Labute approximate surface area is 177 Å². The molecule has 0 atom stereocenters. The van der Waals surface area contributed by atoms with Crippen LogP contribution in [-0.4, -0.2) is 22.2 Å². The molecule has 3 aromatic carbocycles. The lowest BCUT2D eigenvalue weighted by atomic mass is 10.1. The second kappa shape index (κ2) is 7.31. The van der Waals surface area contributed by atoms with E-state index in [1.54, 1.807) is 24.5 Å². The molecule has 30 heavy (non-hydrogen) atoms. The number of methoxy groups -OCH3 is 1. The Kier molecular flexibility index (Phi) is 4.48. The number of hydrogen-bond donors (Lipinski definition) is 2. The van der Waals surface area contributed by atoms with E-state index in [1.165, 1.54) is 0 Å². The van der Waals surface area contributed by atoms with E-state index >= 15 is 0 Å². The molecular weight excluding hydrogens is 394 g/mol. The monoisotopic (exact) mass is 413 g/mol. The van der Waals surface area contributed by atoms with Crippen molar-refractivity contribution in [2.75, 3.05) is 12.4 Å². The van der Waals surface area contributed by atoms with Crippen molar-refractivity contribution in [3.05, 3.63) is 71.9 Å². The van der Waals surface area contributed by atoms with Gasteiger partial charge in [-0.05, 0) is 36.8 Å². The highest BCUT2D eigenvalue weighted by Gasteiger charge is 2.16. The van der Waals surface area contributed by atoms with Crippen LogP contribution in [-0.2, 0) is 0 Å². The van der Waals surface area contributed by atoms with Crippen LogP contribution in [0.3, 0.4) is 0 Å². The normalized spacial score (nSPS) is 11.1. The molecule has 0 aliphatic heterocycles. The smallest absolute Gasteiger partial charge is 0.143 e. The first-order valence-electron chi connectivity index (χ1n) is 9.52. The van der Waals surface area contributed by atoms with Crippen LogP contribution < -0.4 is 10.1 Å². The molecule has 6 heteroatoms. The molecule has 0 radical (unpaired) electrons. The molecule has 5 rings (SSSR count). The van der Waals surface area contributed by atoms with E-state index in [0.29, 0.717) is 5.82 Å². The van der Waals surface area contributed by atoms with E-state index in [1.807, 2.05) is 61.5 Å². The second-order valence-electron chi connectivity index (χ2n) is 6.98. The average molecular weight is 414 g/mol. The van der Waals surface area contributed by atoms with Gasteiger partial charge >= 0.3 is 0 Å². The van der Waals surface area contributed by atoms with Gasteiger partial charge in [0, 0.05) is 27.4 Å². The first kappa shape index (κ1) is 18.4. The van der Waals surface area contributed by atoms with Crippen molar-refractivity contribution in [2.24, 2.45) is 0 Å². The van der Waals surface area contributed by atoms with Crippen molar-refractivity contribution in [3.8, 4) is 22.6 Å². The van der Waals surface area contributed by atoms with E-state index in [2.05, 4.69) is 15.7 Å². The number of phenolic OH excluding ortho intramolecular Hbond substituents is 1. The number of hydrogen-bond acceptors (Lipinski definition) is 6. The Hall–Kier alpha value is -3.64. The van der Waals surface area contributed by atoms with E-state index in [9.17, 15) is 5.11 Å². The zero-order valence-corrected chi connectivity index (χ0v) is 17.3. The summed E-state index contributed by atoms with van der Waals surface area (Å²) in [5.41, 5.74) is 3.03. The summed E-state index contributed by atoms with van der Waals surface area (Å²) in [6.07, 6.45) is 0. The van der Waals surface area contributed by atoms with Crippen molar-refractivity contribution in [2.45, 2.75) is 6.92 Å². The highest BCUT2D eigenvalue weighted by molar-refractivity contribution is 7.17. The third-order valence-corrected chi connectivity index (χ3v) is 5.97. The summed E-state index contributed by atoms with van der Waals surface area (Å²) in [5.74, 6) is 2.53. The number of aryl methyl sites for hydroxylation is 1. The molecule has 0 amide bonds. The summed E-state index contributed by atoms with van der Waals surface area (Å²) in [5, 5.41) is 18.5. The third-order valence-electron chi connectivity index (χ3n) is 5.10. The number of anilines is 2. The van der Waals surface area contributed by atoms with E-state index in [0.717, 1.165) is 49.4 Å². The number of benzene rings is 3. The number of aromatic hydroxyl groups is 1. The molecular formula is C24H19N3O2S. The average Bonchev–Trinajstić information content (AvgIpc) is 3.18. The summed E-state index contributed by atoms with van der Waals surface area (Å²) in [6.45, 7) is 1.90. The molecule has 0 bridgehead atoms. The maximum atomic E-state index is 10.2. The lowest BCUT2D eigenvalue weighted by molar-refractivity contribution is 0.415. The van der Waals surface area contributed by atoms with Crippen LogP contribution in [0.1, 0.15) is 5.82 Å². The van der Waals surface area contributed by atoms with Crippen LogP contribution in [0, 0.1) is 6.92 Å². The number of thiophene rings is 1. The molecule has 0 fully saturated rings. The molecule has 0 aliphatic rings. The summed E-state index contributed by atoms with van der Waals surface area (Å²) in [7, 11) is 1.66. The number of fused-ring (bicyclic) bond motifs is 2. The topological polar surface area (TPSA) is 67.3 Å². The minimum atomic E-state index is 0.259. The fraction of sp³-hybridized carbons (Fsp3) is 0.0833. The minimum absolute atomic E-state index is 0.259. The molecule has 0 spiro atoms. The van der Waals surface area contributed by atoms with Gasteiger partial charge < -0.3 is 15.2 Å². The van der Waals surface area contributed by atoms with Gasteiger partial charge in [0.15, 0.2) is 0 Å². The van der Waals surface area contributed by atoms with Crippen LogP contribution in [0.2, 0.25) is 0 Å². The Morgan fingerprint density at radius 3 is 2.50 bits per heavy atom. The summed E-state index contributed by atoms with van der Waals surface area (Å²) in [4.78, 5) is 10.3. The molecule has 148 valence electrons. The number of phenols is 1. The summed E-state index contributed by atoms with van der Waals surface area (Å²) < 4.78 is 5.29.